The lowest BCUT2D eigenvalue weighted by atomic mass is 10.2. The second kappa shape index (κ2) is 9.35. The Balaban J connectivity index is 1.90. The van der Waals surface area contributed by atoms with Gasteiger partial charge in [-0.3, -0.25) is 9.36 Å². The summed E-state index contributed by atoms with van der Waals surface area (Å²) in [5, 5.41) is 1.59. The van der Waals surface area contributed by atoms with E-state index >= 15 is 0 Å². The van der Waals surface area contributed by atoms with Crippen LogP contribution in [0.15, 0.2) is 52.4 Å². The van der Waals surface area contributed by atoms with Gasteiger partial charge in [-0.05, 0) is 43.2 Å². The molecule has 0 amide bonds. The van der Waals surface area contributed by atoms with Gasteiger partial charge < -0.3 is 4.74 Å². The van der Waals surface area contributed by atoms with Gasteiger partial charge in [0.05, 0.1) is 10.9 Å². The van der Waals surface area contributed by atoms with E-state index in [1.54, 1.807) is 16.7 Å². The molecule has 142 valence electrons. The van der Waals surface area contributed by atoms with Gasteiger partial charge >= 0.3 is 0 Å². The molecule has 0 bridgehead atoms. The van der Waals surface area contributed by atoms with Gasteiger partial charge in [0.1, 0.15) is 5.82 Å². The number of nitrogens with zero attached hydrogens (tertiary/aromatic N) is 2. The number of halogens is 2. The molecule has 0 N–H and O–H groups in total. The van der Waals surface area contributed by atoms with Gasteiger partial charge in [-0.2, -0.15) is 0 Å². The normalized spacial score (nSPS) is 11.2. The highest BCUT2D eigenvalue weighted by atomic mass is 35.5. The summed E-state index contributed by atoms with van der Waals surface area (Å²) in [7, 11) is 0. The molecular weight excluding hydrogens is 387 g/mol. The van der Waals surface area contributed by atoms with Crippen LogP contribution in [0.1, 0.15) is 18.9 Å². The van der Waals surface area contributed by atoms with Crippen molar-refractivity contribution in [2.24, 2.45) is 0 Å². The summed E-state index contributed by atoms with van der Waals surface area (Å²) < 4.78 is 20.3. The van der Waals surface area contributed by atoms with Crippen LogP contribution in [0.2, 0.25) is 5.02 Å². The number of para-hydroxylation sites is 1. The van der Waals surface area contributed by atoms with Gasteiger partial charge in [0.2, 0.25) is 0 Å². The van der Waals surface area contributed by atoms with E-state index in [9.17, 15) is 9.18 Å². The second-order valence-electron chi connectivity index (χ2n) is 5.94. The van der Waals surface area contributed by atoms with Crippen molar-refractivity contribution in [3.05, 3.63) is 69.2 Å². The van der Waals surface area contributed by atoms with Crippen molar-refractivity contribution in [1.29, 1.82) is 0 Å². The molecule has 0 radical (unpaired) electrons. The Morgan fingerprint density at radius 3 is 2.85 bits per heavy atom. The number of rotatable bonds is 8. The summed E-state index contributed by atoms with van der Waals surface area (Å²) in [5.41, 5.74) is 1.40. The molecule has 0 aliphatic carbocycles. The monoisotopic (exact) mass is 406 g/mol. The van der Waals surface area contributed by atoms with Crippen molar-refractivity contribution in [1.82, 2.24) is 9.55 Å². The third-order valence-electron chi connectivity index (χ3n) is 4.07. The summed E-state index contributed by atoms with van der Waals surface area (Å²) >= 11 is 7.54. The van der Waals surface area contributed by atoms with E-state index in [4.69, 9.17) is 16.3 Å². The fraction of sp³-hybridized carbons (Fsp3) is 0.300. The number of hydrogen-bond acceptors (Lipinski definition) is 4. The minimum atomic E-state index is -0.370. The first-order chi connectivity index (χ1) is 13.1. The molecule has 0 spiro atoms. The summed E-state index contributed by atoms with van der Waals surface area (Å²) in [6.45, 7) is 3.70. The van der Waals surface area contributed by atoms with Gasteiger partial charge in [0.25, 0.3) is 5.56 Å². The Hall–Kier alpha value is -1.89. The SMILES string of the molecule is CCOCCCn1c(SCc2ccc(F)cc2Cl)nc2ccccc2c1=O. The van der Waals surface area contributed by atoms with E-state index in [1.165, 1.54) is 23.9 Å². The third-order valence-corrected chi connectivity index (χ3v) is 5.45. The molecule has 1 aromatic heterocycles. The number of fused-ring (bicyclic) bond motifs is 1. The van der Waals surface area contributed by atoms with E-state index in [2.05, 4.69) is 4.98 Å². The average molecular weight is 407 g/mol. The van der Waals surface area contributed by atoms with Gasteiger partial charge in [0.15, 0.2) is 5.16 Å². The Morgan fingerprint density at radius 1 is 1.26 bits per heavy atom. The van der Waals surface area contributed by atoms with Gasteiger partial charge in [0, 0.05) is 30.5 Å². The van der Waals surface area contributed by atoms with Crippen LogP contribution in [-0.2, 0) is 17.0 Å². The lowest BCUT2D eigenvalue weighted by molar-refractivity contribution is 0.140. The number of benzene rings is 2. The molecule has 2 aromatic carbocycles. The van der Waals surface area contributed by atoms with Crippen LogP contribution >= 0.6 is 23.4 Å². The van der Waals surface area contributed by atoms with Crippen molar-refractivity contribution in [3.63, 3.8) is 0 Å². The molecule has 0 unspecified atom stereocenters. The first-order valence-corrected chi connectivity index (χ1v) is 10.1. The van der Waals surface area contributed by atoms with E-state index in [1.807, 2.05) is 25.1 Å². The highest BCUT2D eigenvalue weighted by Gasteiger charge is 2.12. The maximum atomic E-state index is 13.2. The van der Waals surface area contributed by atoms with Crippen LogP contribution in [0, 0.1) is 5.82 Å². The minimum Gasteiger partial charge on any atom is -0.382 e. The first-order valence-electron chi connectivity index (χ1n) is 8.74. The Labute approximate surface area is 166 Å². The Bertz CT molecular complexity index is 993. The maximum absolute atomic E-state index is 13.2. The molecule has 0 fully saturated rings. The molecular formula is C20H20ClFN2O2S. The van der Waals surface area contributed by atoms with Gasteiger partial charge in [-0.15, -0.1) is 0 Å². The Kier molecular flexibility index (Phi) is 6.88. The Morgan fingerprint density at radius 2 is 2.07 bits per heavy atom. The third kappa shape index (κ3) is 4.89. The van der Waals surface area contributed by atoms with Crippen LogP contribution < -0.4 is 5.56 Å². The number of aromatic nitrogens is 2. The van der Waals surface area contributed by atoms with Crippen LogP contribution in [0.4, 0.5) is 4.39 Å². The van der Waals surface area contributed by atoms with Crippen molar-refractivity contribution in [2.45, 2.75) is 30.8 Å². The summed E-state index contributed by atoms with van der Waals surface area (Å²) in [6.07, 6.45) is 0.721. The van der Waals surface area contributed by atoms with Crippen molar-refractivity contribution < 1.29 is 9.13 Å². The molecule has 0 saturated heterocycles. The minimum absolute atomic E-state index is 0.0650. The quantitative estimate of drug-likeness (QED) is 0.303. The maximum Gasteiger partial charge on any atom is 0.262 e. The predicted molar refractivity (Wildman–Crippen MR) is 108 cm³/mol. The van der Waals surface area contributed by atoms with E-state index in [0.29, 0.717) is 46.6 Å². The fourth-order valence-corrected chi connectivity index (χ4v) is 4.05. The van der Waals surface area contributed by atoms with Crippen molar-refractivity contribution in [2.75, 3.05) is 13.2 Å². The molecule has 27 heavy (non-hydrogen) atoms. The molecule has 0 aliphatic heterocycles. The van der Waals surface area contributed by atoms with Crippen molar-refractivity contribution in [3.8, 4) is 0 Å². The van der Waals surface area contributed by atoms with Crippen LogP contribution in [0.25, 0.3) is 10.9 Å². The summed E-state index contributed by atoms with van der Waals surface area (Å²) in [4.78, 5) is 17.6. The molecule has 4 nitrogen and oxygen atoms in total. The molecule has 0 atom stereocenters. The van der Waals surface area contributed by atoms with Crippen molar-refractivity contribution >= 4 is 34.3 Å². The van der Waals surface area contributed by atoms with Crippen LogP contribution in [-0.4, -0.2) is 22.8 Å². The van der Waals surface area contributed by atoms with Crippen LogP contribution in [0.5, 0.6) is 0 Å². The highest BCUT2D eigenvalue weighted by Crippen LogP contribution is 2.26. The van der Waals surface area contributed by atoms with E-state index in [-0.39, 0.29) is 11.4 Å². The topological polar surface area (TPSA) is 44.1 Å². The molecule has 1 heterocycles. The van der Waals surface area contributed by atoms with Crippen LogP contribution in [0.3, 0.4) is 0 Å². The molecule has 3 aromatic rings. The van der Waals surface area contributed by atoms with Gasteiger partial charge in [-0.25, -0.2) is 9.37 Å². The standard InChI is InChI=1S/C20H20ClFN2O2S/c1-2-26-11-5-10-24-19(25)16-6-3-4-7-18(16)23-20(24)27-13-14-8-9-15(22)12-17(14)21/h3-4,6-9,12H,2,5,10-11,13H2,1H3. The largest absolute Gasteiger partial charge is 0.382 e. The number of ether oxygens (including phenoxy) is 1. The zero-order valence-corrected chi connectivity index (χ0v) is 16.5. The lowest BCUT2D eigenvalue weighted by Gasteiger charge is -2.13. The lowest BCUT2D eigenvalue weighted by Crippen LogP contribution is -2.24. The van der Waals surface area contributed by atoms with E-state index < -0.39 is 0 Å². The molecule has 0 saturated carbocycles. The fourth-order valence-electron chi connectivity index (χ4n) is 2.71. The smallest absolute Gasteiger partial charge is 0.262 e. The first kappa shape index (κ1) is 19.9. The molecule has 3 rings (SSSR count). The zero-order valence-electron chi connectivity index (χ0n) is 15.0. The predicted octanol–water partition coefficient (Wildman–Crippen LogP) is 4.91. The summed E-state index contributed by atoms with van der Waals surface area (Å²) in [6, 6.07) is 11.6. The number of hydrogen-bond donors (Lipinski definition) is 0. The second-order valence-corrected chi connectivity index (χ2v) is 7.29. The highest BCUT2D eigenvalue weighted by molar-refractivity contribution is 7.98. The van der Waals surface area contributed by atoms with E-state index in [0.717, 1.165) is 12.0 Å². The summed E-state index contributed by atoms with van der Waals surface area (Å²) in [5.74, 6) is 0.125. The van der Waals surface area contributed by atoms with Gasteiger partial charge in [-0.1, -0.05) is 41.6 Å². The number of thioether (sulfide) groups is 1. The zero-order chi connectivity index (χ0) is 19.2. The average Bonchev–Trinajstić information content (AvgIpc) is 2.66. The molecule has 7 heteroatoms. The molecule has 0 aliphatic rings.